The third kappa shape index (κ3) is 7.77. The molecule has 42 heavy (non-hydrogen) atoms. The monoisotopic (exact) mass is 586 g/mol. The summed E-state index contributed by atoms with van der Waals surface area (Å²) in [5, 5.41) is 32.1. The minimum Gasteiger partial charge on any atom is -0.479 e. The lowest BCUT2D eigenvalue weighted by atomic mass is 10.1. The van der Waals surface area contributed by atoms with Gasteiger partial charge in [0, 0.05) is 11.1 Å². The summed E-state index contributed by atoms with van der Waals surface area (Å²) in [5.41, 5.74) is 1.26. The Balaban J connectivity index is 1.31. The molecule has 2 amide bonds. The molecule has 4 rings (SSSR count). The summed E-state index contributed by atoms with van der Waals surface area (Å²) in [6.45, 7) is 0. The van der Waals surface area contributed by atoms with Gasteiger partial charge in [-0.25, -0.2) is 18.6 Å². The molecule has 0 aromatic heterocycles. The molecule has 0 radical (unpaired) electrons. The topological polar surface area (TPSA) is 175 Å². The van der Waals surface area contributed by atoms with Gasteiger partial charge in [-0.2, -0.15) is 0 Å². The standard InChI is InChI=1S/C30H24N3O8P/c31-42(40-23-15-11-21(12-16-23)27(34)32-25(29(36)37)19-7-3-1-4-8-19)41-24-17-13-22(14-18-24)28(35)33-26(30(38)39)20-9-5-2-6-10-20/h1-18,25-26,31H,(H3-,32,33,34,35,36,37,38,39)/p+1. The van der Waals surface area contributed by atoms with E-state index in [0.29, 0.717) is 11.1 Å². The Morgan fingerprint density at radius 1 is 0.571 bits per heavy atom. The number of amides is 2. The molecule has 0 aliphatic heterocycles. The summed E-state index contributed by atoms with van der Waals surface area (Å²) in [6, 6.07) is 25.8. The highest BCUT2D eigenvalue weighted by molar-refractivity contribution is 7.35. The molecule has 11 nitrogen and oxygen atoms in total. The van der Waals surface area contributed by atoms with E-state index < -0.39 is 44.0 Å². The van der Waals surface area contributed by atoms with Crippen LogP contribution >= 0.6 is 8.17 Å². The summed E-state index contributed by atoms with van der Waals surface area (Å²) < 4.78 is 11.0. The number of aliphatic carboxylic acids is 2. The summed E-state index contributed by atoms with van der Waals surface area (Å²) >= 11 is 0. The third-order valence-electron chi connectivity index (χ3n) is 5.92. The minimum absolute atomic E-state index is 0.200. The molecule has 0 spiro atoms. The van der Waals surface area contributed by atoms with Crippen LogP contribution < -0.4 is 19.7 Å². The highest BCUT2D eigenvalue weighted by Crippen LogP contribution is 2.31. The van der Waals surface area contributed by atoms with Crippen molar-refractivity contribution in [2.75, 3.05) is 0 Å². The van der Waals surface area contributed by atoms with Crippen molar-refractivity contribution in [2.45, 2.75) is 12.1 Å². The van der Waals surface area contributed by atoms with Crippen LogP contribution in [0.4, 0.5) is 0 Å². The highest BCUT2D eigenvalue weighted by atomic mass is 31.1. The number of nitrogens with one attached hydrogen (secondary N) is 3. The summed E-state index contributed by atoms with van der Waals surface area (Å²) in [4.78, 5) is 48.5. The van der Waals surface area contributed by atoms with Crippen LogP contribution in [0.15, 0.2) is 109 Å². The van der Waals surface area contributed by atoms with Crippen LogP contribution in [0.2, 0.25) is 0 Å². The van der Waals surface area contributed by atoms with E-state index in [9.17, 15) is 29.4 Å². The van der Waals surface area contributed by atoms with Crippen molar-refractivity contribution in [3.05, 3.63) is 131 Å². The normalized spacial score (nSPS) is 12.2. The molecule has 5 N–H and O–H groups in total. The van der Waals surface area contributed by atoms with Gasteiger partial charge in [-0.05, 0) is 64.8 Å². The van der Waals surface area contributed by atoms with Crippen LogP contribution in [0.1, 0.15) is 43.9 Å². The van der Waals surface area contributed by atoms with Gasteiger partial charge in [0.1, 0.15) is 0 Å². The molecular formula is C30H25N3O8P+. The quantitative estimate of drug-likeness (QED) is 0.138. The van der Waals surface area contributed by atoms with Crippen LogP contribution in [-0.4, -0.2) is 34.0 Å². The van der Waals surface area contributed by atoms with Gasteiger partial charge in [0.2, 0.25) is 0 Å². The maximum Gasteiger partial charge on any atom is 0.664 e. The van der Waals surface area contributed by atoms with Crippen LogP contribution in [0.25, 0.3) is 0 Å². The minimum atomic E-state index is -2.20. The van der Waals surface area contributed by atoms with E-state index in [1.165, 1.54) is 48.5 Å². The Kier molecular flexibility index (Phi) is 9.60. The number of carbonyl (C=O) groups is 4. The van der Waals surface area contributed by atoms with Gasteiger partial charge in [-0.1, -0.05) is 60.7 Å². The average molecular weight is 587 g/mol. The smallest absolute Gasteiger partial charge is 0.479 e. The van der Waals surface area contributed by atoms with E-state index in [4.69, 9.17) is 14.2 Å². The van der Waals surface area contributed by atoms with Gasteiger partial charge in [0.05, 0.1) is 0 Å². The van der Waals surface area contributed by atoms with Gasteiger partial charge in [-0.15, -0.1) is 0 Å². The first kappa shape index (κ1) is 29.4. The van der Waals surface area contributed by atoms with Gasteiger partial charge in [0.15, 0.2) is 23.6 Å². The van der Waals surface area contributed by atoms with E-state index in [2.05, 4.69) is 10.6 Å². The second-order valence-corrected chi connectivity index (χ2v) is 9.68. The van der Waals surface area contributed by atoms with Crippen molar-refractivity contribution in [1.82, 2.24) is 10.6 Å². The lowest BCUT2D eigenvalue weighted by Crippen LogP contribution is -2.33. The fourth-order valence-corrected chi connectivity index (χ4v) is 4.50. The molecule has 212 valence electrons. The van der Waals surface area contributed by atoms with E-state index in [0.717, 1.165) is 0 Å². The van der Waals surface area contributed by atoms with Crippen molar-refractivity contribution < 1.29 is 38.4 Å². The van der Waals surface area contributed by atoms with Crippen molar-refractivity contribution in [3.8, 4) is 11.5 Å². The summed E-state index contributed by atoms with van der Waals surface area (Å²) in [6.07, 6.45) is 0. The lowest BCUT2D eigenvalue weighted by Gasteiger charge is -2.15. The predicted octanol–water partition coefficient (Wildman–Crippen LogP) is 5.33. The number of hydrogen-bond donors (Lipinski definition) is 5. The number of carboxylic acid groups (broad SMARTS) is 2. The first-order valence-electron chi connectivity index (χ1n) is 12.5. The molecule has 2 atom stereocenters. The Morgan fingerprint density at radius 3 is 1.21 bits per heavy atom. The third-order valence-corrected chi connectivity index (χ3v) is 6.67. The maximum atomic E-state index is 12.6. The number of rotatable bonds is 12. The zero-order chi connectivity index (χ0) is 30.1. The first-order valence-corrected chi connectivity index (χ1v) is 13.6. The van der Waals surface area contributed by atoms with Crippen LogP contribution in [0, 0.1) is 5.16 Å². The SMILES string of the molecule is N=[P+](Oc1ccc(C(=O)NC(C(=O)O)c2ccccc2)cc1)Oc1ccc(C(=O)NC(C(=O)O)c2ccccc2)cc1. The molecule has 0 saturated heterocycles. The second-order valence-electron chi connectivity index (χ2n) is 8.80. The average Bonchev–Trinajstić information content (AvgIpc) is 2.99. The van der Waals surface area contributed by atoms with E-state index in [1.54, 1.807) is 60.7 Å². The van der Waals surface area contributed by atoms with Gasteiger partial charge in [-0.3, -0.25) is 9.59 Å². The molecule has 0 fully saturated rings. The van der Waals surface area contributed by atoms with Crippen LogP contribution in [0.3, 0.4) is 0 Å². The molecule has 2 unspecified atom stereocenters. The molecule has 0 aliphatic carbocycles. The van der Waals surface area contributed by atoms with Gasteiger partial charge >= 0.3 is 20.1 Å². The van der Waals surface area contributed by atoms with Gasteiger partial charge < -0.3 is 20.8 Å². The second kappa shape index (κ2) is 13.7. The van der Waals surface area contributed by atoms with E-state index in [-0.39, 0.29) is 22.6 Å². The Morgan fingerprint density at radius 2 is 0.905 bits per heavy atom. The highest BCUT2D eigenvalue weighted by Gasteiger charge is 2.25. The predicted molar refractivity (Wildman–Crippen MR) is 152 cm³/mol. The van der Waals surface area contributed by atoms with Crippen molar-refractivity contribution in [2.24, 2.45) is 0 Å². The fourth-order valence-electron chi connectivity index (χ4n) is 3.84. The zero-order valence-corrected chi connectivity index (χ0v) is 22.7. The molecule has 0 saturated carbocycles. The van der Waals surface area contributed by atoms with E-state index in [1.807, 2.05) is 0 Å². The Labute approximate surface area is 241 Å². The van der Waals surface area contributed by atoms with Crippen molar-refractivity contribution in [3.63, 3.8) is 0 Å². The van der Waals surface area contributed by atoms with E-state index >= 15 is 0 Å². The molecule has 0 aliphatic rings. The number of carbonyl (C=O) groups excluding carboxylic acids is 2. The fraction of sp³-hybridized carbons (Fsp3) is 0.0667. The molecule has 0 heterocycles. The Hall–Kier alpha value is -5.54. The molecule has 4 aromatic carbocycles. The number of benzene rings is 4. The number of hydrogen-bond acceptors (Lipinski definition) is 7. The largest absolute Gasteiger partial charge is 0.664 e. The maximum absolute atomic E-state index is 12.6. The molecule has 4 aromatic rings. The molecular weight excluding hydrogens is 561 g/mol. The first-order chi connectivity index (χ1) is 20.2. The van der Waals surface area contributed by atoms with Crippen molar-refractivity contribution >= 4 is 31.9 Å². The summed E-state index contributed by atoms with van der Waals surface area (Å²) in [5.74, 6) is -3.08. The van der Waals surface area contributed by atoms with Gasteiger partial charge in [0.25, 0.3) is 11.8 Å². The molecule has 0 bridgehead atoms. The zero-order valence-electron chi connectivity index (χ0n) is 21.8. The van der Waals surface area contributed by atoms with Crippen molar-refractivity contribution in [1.29, 1.82) is 5.16 Å². The van der Waals surface area contributed by atoms with Crippen LogP contribution in [0.5, 0.6) is 11.5 Å². The Bertz CT molecular complexity index is 1460. The summed E-state index contributed by atoms with van der Waals surface area (Å²) in [7, 11) is -2.20. The lowest BCUT2D eigenvalue weighted by molar-refractivity contribution is -0.140. The molecule has 12 heteroatoms. The van der Waals surface area contributed by atoms with Crippen LogP contribution in [-0.2, 0) is 9.59 Å². The number of carboxylic acids is 2.